The Morgan fingerprint density at radius 2 is 1.86 bits per heavy atom. The number of hydrogen-bond donors (Lipinski definition) is 0. The summed E-state index contributed by atoms with van der Waals surface area (Å²) in [4.78, 5) is 11.7. The van der Waals surface area contributed by atoms with E-state index in [4.69, 9.17) is 9.47 Å². The van der Waals surface area contributed by atoms with Crippen molar-refractivity contribution in [2.24, 2.45) is 0 Å². The van der Waals surface area contributed by atoms with Gasteiger partial charge >= 0.3 is 5.97 Å². The molecule has 0 saturated carbocycles. The average molecular weight is 355 g/mol. The molecular weight excluding hydrogens is 343 g/mol. The third kappa shape index (κ3) is 3.52. The first-order valence-corrected chi connectivity index (χ1v) is 6.73. The Kier molecular flexibility index (Phi) is 4.80. The molecule has 0 N–H and O–H groups in total. The number of ether oxygens (including phenoxy) is 3. The topological polar surface area (TPSA) is 44.8 Å². The van der Waals surface area contributed by atoms with Crippen LogP contribution in [-0.2, 0) is 4.74 Å². The van der Waals surface area contributed by atoms with Crippen molar-refractivity contribution in [2.45, 2.75) is 0 Å². The van der Waals surface area contributed by atoms with Crippen LogP contribution in [0.25, 0.3) is 0 Å². The predicted octanol–water partition coefficient (Wildman–Crippen LogP) is 4.18. The van der Waals surface area contributed by atoms with Crippen molar-refractivity contribution < 1.29 is 23.4 Å². The molecule has 0 unspecified atom stereocenters. The van der Waals surface area contributed by atoms with E-state index in [-0.39, 0.29) is 11.3 Å². The first kappa shape index (κ1) is 15.3. The molecular formula is C15H12BrFO4. The monoisotopic (exact) mass is 354 g/mol. The van der Waals surface area contributed by atoms with Crippen LogP contribution in [0.1, 0.15) is 10.4 Å². The molecule has 0 radical (unpaired) electrons. The van der Waals surface area contributed by atoms with Gasteiger partial charge in [-0.05, 0) is 24.3 Å². The normalized spacial score (nSPS) is 10.1. The van der Waals surface area contributed by atoms with E-state index in [1.54, 1.807) is 24.3 Å². The largest absolute Gasteiger partial charge is 0.497 e. The first-order valence-electron chi connectivity index (χ1n) is 5.94. The van der Waals surface area contributed by atoms with Crippen molar-refractivity contribution >= 4 is 21.9 Å². The van der Waals surface area contributed by atoms with Crippen LogP contribution in [-0.4, -0.2) is 20.2 Å². The smallest absolute Gasteiger partial charge is 0.344 e. The summed E-state index contributed by atoms with van der Waals surface area (Å²) >= 11 is 3.16. The number of carbonyl (C=O) groups is 1. The van der Waals surface area contributed by atoms with Crippen LogP contribution in [0.3, 0.4) is 0 Å². The molecule has 2 aromatic rings. The minimum Gasteiger partial charge on any atom is -0.497 e. The van der Waals surface area contributed by atoms with Gasteiger partial charge in [0, 0.05) is 10.5 Å². The lowest BCUT2D eigenvalue weighted by Gasteiger charge is -2.12. The molecule has 110 valence electrons. The van der Waals surface area contributed by atoms with Gasteiger partial charge in [0.25, 0.3) is 0 Å². The van der Waals surface area contributed by atoms with Crippen LogP contribution in [0, 0.1) is 5.82 Å². The second-order valence-electron chi connectivity index (χ2n) is 4.03. The molecule has 0 aliphatic rings. The van der Waals surface area contributed by atoms with Gasteiger partial charge < -0.3 is 14.2 Å². The van der Waals surface area contributed by atoms with Crippen molar-refractivity contribution in [3.05, 3.63) is 52.3 Å². The van der Waals surface area contributed by atoms with E-state index in [2.05, 4.69) is 20.7 Å². The van der Waals surface area contributed by atoms with Crippen molar-refractivity contribution in [2.75, 3.05) is 14.2 Å². The minimum atomic E-state index is -0.808. The molecule has 0 saturated heterocycles. The minimum absolute atomic E-state index is 0.0574. The molecule has 4 nitrogen and oxygen atoms in total. The molecule has 0 aliphatic heterocycles. The van der Waals surface area contributed by atoms with E-state index in [1.807, 2.05) is 0 Å². The summed E-state index contributed by atoms with van der Waals surface area (Å²) in [6.07, 6.45) is 0. The highest BCUT2D eigenvalue weighted by Crippen LogP contribution is 2.32. The van der Waals surface area contributed by atoms with E-state index in [1.165, 1.54) is 26.4 Å². The lowest BCUT2D eigenvalue weighted by molar-refractivity contribution is 0.0592. The van der Waals surface area contributed by atoms with Gasteiger partial charge in [0.2, 0.25) is 0 Å². The van der Waals surface area contributed by atoms with Crippen molar-refractivity contribution in [3.8, 4) is 17.2 Å². The summed E-state index contributed by atoms with van der Waals surface area (Å²) in [5, 5.41) is 0. The number of methoxy groups -OCH3 is 2. The molecule has 0 aliphatic carbocycles. The third-order valence-electron chi connectivity index (χ3n) is 2.68. The molecule has 0 heterocycles. The highest BCUT2D eigenvalue weighted by Gasteiger charge is 2.20. The summed E-state index contributed by atoms with van der Waals surface area (Å²) in [5.74, 6) is -0.478. The zero-order valence-electron chi connectivity index (χ0n) is 11.4. The zero-order valence-corrected chi connectivity index (χ0v) is 12.9. The number of benzene rings is 2. The number of rotatable bonds is 4. The summed E-state index contributed by atoms with van der Waals surface area (Å²) < 4.78 is 29.7. The third-order valence-corrected chi connectivity index (χ3v) is 3.14. The summed E-state index contributed by atoms with van der Waals surface area (Å²) in [5.41, 5.74) is -0.261. The van der Waals surface area contributed by atoms with Gasteiger partial charge in [-0.25, -0.2) is 9.18 Å². The molecule has 0 bridgehead atoms. The SMILES string of the molecule is COC(=O)c1c(F)cc(Br)cc1Oc1cccc(OC)c1. The molecule has 0 spiro atoms. The highest BCUT2D eigenvalue weighted by molar-refractivity contribution is 9.10. The average Bonchev–Trinajstić information content (AvgIpc) is 2.46. The molecule has 0 fully saturated rings. The quantitative estimate of drug-likeness (QED) is 0.772. The first-order chi connectivity index (χ1) is 10.0. The van der Waals surface area contributed by atoms with Crippen molar-refractivity contribution in [1.82, 2.24) is 0 Å². The van der Waals surface area contributed by atoms with Gasteiger partial charge in [-0.3, -0.25) is 0 Å². The molecule has 2 aromatic carbocycles. The fourth-order valence-corrected chi connectivity index (χ4v) is 2.13. The maximum absolute atomic E-state index is 14.0. The summed E-state index contributed by atoms with van der Waals surface area (Å²) in [7, 11) is 2.71. The number of carbonyl (C=O) groups excluding carboxylic acids is 1. The van der Waals surface area contributed by atoms with E-state index < -0.39 is 11.8 Å². The van der Waals surface area contributed by atoms with Crippen LogP contribution in [0.5, 0.6) is 17.2 Å². The van der Waals surface area contributed by atoms with Crippen LogP contribution in [0.15, 0.2) is 40.9 Å². The lowest BCUT2D eigenvalue weighted by atomic mass is 10.2. The zero-order chi connectivity index (χ0) is 15.4. The highest BCUT2D eigenvalue weighted by atomic mass is 79.9. The second kappa shape index (κ2) is 6.58. The van der Waals surface area contributed by atoms with Gasteiger partial charge in [0.1, 0.15) is 28.6 Å². The van der Waals surface area contributed by atoms with Crippen molar-refractivity contribution in [1.29, 1.82) is 0 Å². The Balaban J connectivity index is 2.44. The van der Waals surface area contributed by atoms with E-state index in [9.17, 15) is 9.18 Å². The number of hydrogen-bond acceptors (Lipinski definition) is 4. The summed E-state index contributed by atoms with van der Waals surface area (Å²) in [6, 6.07) is 9.43. The predicted molar refractivity (Wildman–Crippen MR) is 78.5 cm³/mol. The number of halogens is 2. The van der Waals surface area contributed by atoms with Crippen molar-refractivity contribution in [3.63, 3.8) is 0 Å². The van der Waals surface area contributed by atoms with Gasteiger partial charge in [0.15, 0.2) is 0 Å². The van der Waals surface area contributed by atoms with Crippen LogP contribution in [0.2, 0.25) is 0 Å². The van der Waals surface area contributed by atoms with Crippen LogP contribution in [0.4, 0.5) is 4.39 Å². The summed E-state index contributed by atoms with van der Waals surface area (Å²) in [6.45, 7) is 0. The number of esters is 1. The van der Waals surface area contributed by atoms with Gasteiger partial charge in [-0.1, -0.05) is 22.0 Å². The van der Waals surface area contributed by atoms with E-state index in [0.29, 0.717) is 16.0 Å². The Hall–Kier alpha value is -2.08. The van der Waals surface area contributed by atoms with E-state index >= 15 is 0 Å². The molecule has 21 heavy (non-hydrogen) atoms. The van der Waals surface area contributed by atoms with Crippen LogP contribution >= 0.6 is 15.9 Å². The maximum atomic E-state index is 14.0. The molecule has 0 aromatic heterocycles. The second-order valence-corrected chi connectivity index (χ2v) is 4.95. The molecule has 0 amide bonds. The molecule has 0 atom stereocenters. The Morgan fingerprint density at radius 1 is 1.14 bits per heavy atom. The fraction of sp³-hybridized carbons (Fsp3) is 0.133. The Bertz CT molecular complexity index is 673. The Labute approximate surface area is 129 Å². The van der Waals surface area contributed by atoms with Crippen LogP contribution < -0.4 is 9.47 Å². The maximum Gasteiger partial charge on any atom is 0.344 e. The lowest BCUT2D eigenvalue weighted by Crippen LogP contribution is -2.07. The van der Waals surface area contributed by atoms with Gasteiger partial charge in [-0.15, -0.1) is 0 Å². The van der Waals surface area contributed by atoms with E-state index in [0.717, 1.165) is 0 Å². The standard InChI is InChI=1S/C15H12BrFO4/c1-19-10-4-3-5-11(8-10)21-13-7-9(16)6-12(17)14(13)15(18)20-2/h3-8H,1-2H3. The molecule has 2 rings (SSSR count). The van der Waals surface area contributed by atoms with Gasteiger partial charge in [-0.2, -0.15) is 0 Å². The molecule has 6 heteroatoms. The van der Waals surface area contributed by atoms with Gasteiger partial charge in [0.05, 0.1) is 14.2 Å². The fourth-order valence-electron chi connectivity index (χ4n) is 1.72. The Morgan fingerprint density at radius 3 is 2.52 bits per heavy atom.